The summed E-state index contributed by atoms with van der Waals surface area (Å²) >= 11 is 0. The minimum absolute atomic E-state index is 0.339. The highest BCUT2D eigenvalue weighted by Crippen LogP contribution is 2.23. The van der Waals surface area contributed by atoms with Gasteiger partial charge in [-0.15, -0.1) is 0 Å². The highest BCUT2D eigenvalue weighted by atomic mass is 16.5. The maximum absolute atomic E-state index is 11.5. The molecule has 0 bridgehead atoms. The van der Waals surface area contributed by atoms with E-state index in [1.54, 1.807) is 12.1 Å². The van der Waals surface area contributed by atoms with E-state index in [0.717, 1.165) is 5.56 Å². The molecule has 1 aromatic carbocycles. The van der Waals surface area contributed by atoms with Gasteiger partial charge >= 0.3 is 0 Å². The Morgan fingerprint density at radius 2 is 2.13 bits per heavy atom. The number of amides is 1. The lowest BCUT2D eigenvalue weighted by molar-refractivity contribution is 0.0950. The lowest BCUT2D eigenvalue weighted by Crippen LogP contribution is -2.30. The summed E-state index contributed by atoms with van der Waals surface area (Å²) in [5.74, 6) is 5.65. The van der Waals surface area contributed by atoms with Crippen LogP contribution in [0.5, 0.6) is 5.75 Å². The molecule has 1 amide bonds. The molecule has 0 saturated carbocycles. The Hall–Kier alpha value is -1.55. The number of benzene rings is 1. The molecule has 1 aromatic rings. The molecule has 0 spiro atoms. The molecule has 0 aliphatic carbocycles. The Morgan fingerprint density at radius 3 is 2.60 bits per heavy atom. The fraction of sp³-hybridized carbons (Fsp3) is 0.364. The maximum atomic E-state index is 11.5. The van der Waals surface area contributed by atoms with Gasteiger partial charge in [-0.05, 0) is 23.6 Å². The normalized spacial score (nSPS) is 10.2. The molecular weight excluding hydrogens is 192 g/mol. The largest absolute Gasteiger partial charge is 0.496 e. The molecule has 3 N–H and O–H groups in total. The zero-order valence-electron chi connectivity index (χ0n) is 9.20. The van der Waals surface area contributed by atoms with Gasteiger partial charge in [-0.1, -0.05) is 19.9 Å². The molecule has 0 atom stereocenters. The van der Waals surface area contributed by atoms with E-state index in [4.69, 9.17) is 10.6 Å². The van der Waals surface area contributed by atoms with E-state index in [9.17, 15) is 4.79 Å². The average Bonchev–Trinajstić information content (AvgIpc) is 2.27. The topological polar surface area (TPSA) is 64.3 Å². The highest BCUT2D eigenvalue weighted by molar-refractivity contribution is 5.96. The fourth-order valence-electron chi connectivity index (χ4n) is 1.34. The Kier molecular flexibility index (Phi) is 3.68. The highest BCUT2D eigenvalue weighted by Gasteiger charge is 2.12. The summed E-state index contributed by atoms with van der Waals surface area (Å²) in [6.45, 7) is 4.12. The van der Waals surface area contributed by atoms with E-state index in [2.05, 4.69) is 19.3 Å². The molecule has 0 heterocycles. The van der Waals surface area contributed by atoms with Gasteiger partial charge in [0.05, 0.1) is 12.7 Å². The lowest BCUT2D eigenvalue weighted by Gasteiger charge is -2.11. The smallest absolute Gasteiger partial charge is 0.268 e. The summed E-state index contributed by atoms with van der Waals surface area (Å²) in [4.78, 5) is 11.5. The maximum Gasteiger partial charge on any atom is 0.268 e. The molecule has 4 heteroatoms. The van der Waals surface area contributed by atoms with Crippen LogP contribution in [0, 0.1) is 0 Å². The summed E-state index contributed by atoms with van der Waals surface area (Å²) in [5.41, 5.74) is 3.65. The number of rotatable bonds is 3. The first kappa shape index (κ1) is 11.5. The van der Waals surface area contributed by atoms with Gasteiger partial charge in [0.2, 0.25) is 0 Å². The van der Waals surface area contributed by atoms with Crippen molar-refractivity contribution in [1.82, 2.24) is 5.43 Å². The van der Waals surface area contributed by atoms with Gasteiger partial charge in [0.25, 0.3) is 5.91 Å². The number of methoxy groups -OCH3 is 1. The SMILES string of the molecule is COc1ccc(C(C)C)cc1C(=O)NN. The summed E-state index contributed by atoms with van der Waals surface area (Å²) in [6, 6.07) is 5.52. The van der Waals surface area contributed by atoms with Crippen LogP contribution in [0.1, 0.15) is 35.7 Å². The zero-order chi connectivity index (χ0) is 11.4. The second kappa shape index (κ2) is 4.79. The van der Waals surface area contributed by atoms with Gasteiger partial charge in [0.15, 0.2) is 0 Å². The second-order valence-corrected chi connectivity index (χ2v) is 3.59. The van der Waals surface area contributed by atoms with Crippen LogP contribution in [0.3, 0.4) is 0 Å². The third-order valence-electron chi connectivity index (χ3n) is 2.27. The monoisotopic (exact) mass is 208 g/mol. The van der Waals surface area contributed by atoms with Gasteiger partial charge in [-0.2, -0.15) is 0 Å². The number of hydrogen-bond donors (Lipinski definition) is 2. The van der Waals surface area contributed by atoms with Crippen molar-refractivity contribution in [2.75, 3.05) is 7.11 Å². The number of carbonyl (C=O) groups is 1. The van der Waals surface area contributed by atoms with Crippen LogP contribution in [0.15, 0.2) is 18.2 Å². The van der Waals surface area contributed by atoms with Crippen molar-refractivity contribution < 1.29 is 9.53 Å². The molecule has 15 heavy (non-hydrogen) atoms. The number of nitrogens with two attached hydrogens (primary N) is 1. The van der Waals surface area contributed by atoms with E-state index in [-0.39, 0.29) is 5.91 Å². The van der Waals surface area contributed by atoms with Crippen LogP contribution in [0.4, 0.5) is 0 Å². The van der Waals surface area contributed by atoms with Crippen molar-refractivity contribution in [2.24, 2.45) is 5.84 Å². The Labute approximate surface area is 89.4 Å². The number of ether oxygens (including phenoxy) is 1. The summed E-state index contributed by atoms with van der Waals surface area (Å²) in [7, 11) is 1.53. The third kappa shape index (κ3) is 2.47. The molecule has 82 valence electrons. The Morgan fingerprint density at radius 1 is 1.47 bits per heavy atom. The van der Waals surface area contributed by atoms with Crippen molar-refractivity contribution in [2.45, 2.75) is 19.8 Å². The minimum Gasteiger partial charge on any atom is -0.496 e. The van der Waals surface area contributed by atoms with Crippen molar-refractivity contribution >= 4 is 5.91 Å². The number of nitrogen functional groups attached to an aromatic ring is 1. The Balaban J connectivity index is 3.19. The number of nitrogens with one attached hydrogen (secondary N) is 1. The molecule has 0 unspecified atom stereocenters. The summed E-state index contributed by atoms with van der Waals surface area (Å²) in [6.07, 6.45) is 0. The van der Waals surface area contributed by atoms with Crippen LogP contribution in [-0.2, 0) is 0 Å². The van der Waals surface area contributed by atoms with Gasteiger partial charge in [0, 0.05) is 0 Å². The predicted octanol–water partition coefficient (Wildman–Crippen LogP) is 1.42. The second-order valence-electron chi connectivity index (χ2n) is 3.59. The Bertz CT molecular complexity index is 362. The number of carbonyl (C=O) groups excluding carboxylic acids is 1. The number of hydrazine groups is 1. The first-order valence-corrected chi connectivity index (χ1v) is 4.79. The van der Waals surface area contributed by atoms with Crippen molar-refractivity contribution in [3.63, 3.8) is 0 Å². The van der Waals surface area contributed by atoms with Gasteiger partial charge in [0.1, 0.15) is 5.75 Å². The molecular formula is C11H16N2O2. The number of hydrogen-bond acceptors (Lipinski definition) is 3. The van der Waals surface area contributed by atoms with E-state index < -0.39 is 0 Å². The van der Waals surface area contributed by atoms with Crippen LogP contribution in [-0.4, -0.2) is 13.0 Å². The van der Waals surface area contributed by atoms with Crippen molar-refractivity contribution in [1.29, 1.82) is 0 Å². The van der Waals surface area contributed by atoms with E-state index in [1.807, 2.05) is 6.07 Å². The lowest BCUT2D eigenvalue weighted by atomic mass is 10.00. The van der Waals surface area contributed by atoms with E-state index in [0.29, 0.717) is 17.2 Å². The zero-order valence-corrected chi connectivity index (χ0v) is 9.20. The molecule has 4 nitrogen and oxygen atoms in total. The van der Waals surface area contributed by atoms with Gasteiger partial charge in [-0.3, -0.25) is 10.2 Å². The average molecular weight is 208 g/mol. The quantitative estimate of drug-likeness (QED) is 0.448. The van der Waals surface area contributed by atoms with Crippen molar-refractivity contribution in [3.05, 3.63) is 29.3 Å². The molecule has 0 saturated heterocycles. The van der Waals surface area contributed by atoms with Crippen LogP contribution >= 0.6 is 0 Å². The predicted molar refractivity (Wildman–Crippen MR) is 58.7 cm³/mol. The molecule has 0 radical (unpaired) electrons. The first-order chi connectivity index (χ1) is 7.10. The first-order valence-electron chi connectivity index (χ1n) is 4.79. The molecule has 0 fully saturated rings. The standard InChI is InChI=1S/C11H16N2O2/c1-7(2)8-4-5-10(15-3)9(6-8)11(14)13-12/h4-7H,12H2,1-3H3,(H,13,14). The molecule has 1 rings (SSSR count). The minimum atomic E-state index is -0.339. The summed E-state index contributed by atoms with van der Waals surface area (Å²) < 4.78 is 5.09. The van der Waals surface area contributed by atoms with Crippen molar-refractivity contribution in [3.8, 4) is 5.75 Å². The molecule has 0 aromatic heterocycles. The third-order valence-corrected chi connectivity index (χ3v) is 2.27. The van der Waals surface area contributed by atoms with Gasteiger partial charge in [-0.25, -0.2) is 5.84 Å². The van der Waals surface area contributed by atoms with Crippen LogP contribution < -0.4 is 16.0 Å². The van der Waals surface area contributed by atoms with E-state index >= 15 is 0 Å². The molecule has 0 aliphatic heterocycles. The van der Waals surface area contributed by atoms with E-state index in [1.165, 1.54) is 7.11 Å². The molecule has 0 aliphatic rings. The van der Waals surface area contributed by atoms with Crippen LogP contribution in [0.2, 0.25) is 0 Å². The van der Waals surface area contributed by atoms with Crippen LogP contribution in [0.25, 0.3) is 0 Å². The fourth-order valence-corrected chi connectivity index (χ4v) is 1.34. The summed E-state index contributed by atoms with van der Waals surface area (Å²) in [5, 5.41) is 0. The van der Waals surface area contributed by atoms with Gasteiger partial charge < -0.3 is 4.74 Å².